The normalized spacial score (nSPS) is 11.9. The van der Waals surface area contributed by atoms with Crippen molar-refractivity contribution in [3.05, 3.63) is 39.4 Å². The molecule has 0 aliphatic carbocycles. The average molecular weight is 252 g/mol. The molecule has 0 aromatic heterocycles. The maximum atomic E-state index is 11.8. The van der Waals surface area contributed by atoms with Gasteiger partial charge < -0.3 is 10.4 Å². The summed E-state index contributed by atoms with van der Waals surface area (Å²) in [7, 11) is 0. The molecule has 0 saturated carbocycles. The molecule has 98 valence electrons. The molecule has 0 unspecified atom stereocenters. The first-order valence-electron chi connectivity index (χ1n) is 5.66. The quantitative estimate of drug-likeness (QED) is 0.612. The van der Waals surface area contributed by atoms with Crippen LogP contribution in [0.3, 0.4) is 0 Å². The second-order valence-corrected chi connectivity index (χ2v) is 4.02. The van der Waals surface area contributed by atoms with Crippen molar-refractivity contribution in [2.45, 2.75) is 26.3 Å². The Kier molecular flexibility index (Phi) is 4.79. The molecule has 1 aromatic carbocycles. The second kappa shape index (κ2) is 6.11. The number of aryl methyl sites for hydroxylation is 1. The summed E-state index contributed by atoms with van der Waals surface area (Å²) in [4.78, 5) is 22.1. The molecule has 0 bridgehead atoms. The van der Waals surface area contributed by atoms with Crippen LogP contribution >= 0.6 is 0 Å². The lowest BCUT2D eigenvalue weighted by Crippen LogP contribution is -2.36. The number of aliphatic hydroxyl groups excluding tert-OH is 1. The standard InChI is InChI=1S/C12H16N2O4/c1-3-10(7-15)13-12(16)9-5-4-8(2)11(6-9)14(17)18/h4-6,10,15H,3,7H2,1-2H3,(H,13,16)/t10-/m0/s1. The third-order valence-corrected chi connectivity index (χ3v) is 2.72. The molecule has 0 radical (unpaired) electrons. The molecule has 0 spiro atoms. The van der Waals surface area contributed by atoms with Gasteiger partial charge in [0.1, 0.15) is 0 Å². The molecule has 18 heavy (non-hydrogen) atoms. The fourth-order valence-electron chi connectivity index (χ4n) is 1.49. The van der Waals surface area contributed by atoms with Crippen LogP contribution in [-0.2, 0) is 0 Å². The lowest BCUT2D eigenvalue weighted by Gasteiger charge is -2.13. The number of carbonyl (C=O) groups excluding carboxylic acids is 1. The molecular weight excluding hydrogens is 236 g/mol. The van der Waals surface area contributed by atoms with Crippen molar-refractivity contribution in [3.63, 3.8) is 0 Å². The van der Waals surface area contributed by atoms with Crippen molar-refractivity contribution < 1.29 is 14.8 Å². The van der Waals surface area contributed by atoms with Crippen LogP contribution < -0.4 is 5.32 Å². The van der Waals surface area contributed by atoms with Crippen molar-refractivity contribution in [1.82, 2.24) is 5.32 Å². The smallest absolute Gasteiger partial charge is 0.273 e. The monoisotopic (exact) mass is 252 g/mol. The van der Waals surface area contributed by atoms with Gasteiger partial charge in [-0.25, -0.2) is 0 Å². The molecular formula is C12H16N2O4. The summed E-state index contributed by atoms with van der Waals surface area (Å²) in [6, 6.07) is 3.97. The molecule has 0 fully saturated rings. The molecule has 0 aliphatic rings. The minimum Gasteiger partial charge on any atom is -0.394 e. The van der Waals surface area contributed by atoms with E-state index in [0.717, 1.165) is 0 Å². The summed E-state index contributed by atoms with van der Waals surface area (Å²) in [6.45, 7) is 3.29. The predicted molar refractivity (Wildman–Crippen MR) is 66.5 cm³/mol. The highest BCUT2D eigenvalue weighted by molar-refractivity contribution is 5.95. The minimum absolute atomic E-state index is 0.0836. The third kappa shape index (κ3) is 3.27. The van der Waals surface area contributed by atoms with Gasteiger partial charge in [0, 0.05) is 17.2 Å². The molecule has 2 N–H and O–H groups in total. The number of nitrogens with one attached hydrogen (secondary N) is 1. The Labute approximate surface area is 105 Å². The fraction of sp³-hybridized carbons (Fsp3) is 0.417. The zero-order valence-corrected chi connectivity index (χ0v) is 10.3. The first-order valence-corrected chi connectivity index (χ1v) is 5.66. The van der Waals surface area contributed by atoms with Crippen molar-refractivity contribution in [1.29, 1.82) is 0 Å². The van der Waals surface area contributed by atoms with Crippen LogP contribution in [0.5, 0.6) is 0 Å². The van der Waals surface area contributed by atoms with Gasteiger partial charge in [0.05, 0.1) is 17.6 Å². The molecule has 1 aromatic rings. The van der Waals surface area contributed by atoms with E-state index in [1.165, 1.54) is 18.2 Å². The molecule has 0 heterocycles. The van der Waals surface area contributed by atoms with E-state index in [0.29, 0.717) is 12.0 Å². The second-order valence-electron chi connectivity index (χ2n) is 4.02. The summed E-state index contributed by atoms with van der Waals surface area (Å²) < 4.78 is 0. The molecule has 6 heteroatoms. The Morgan fingerprint density at radius 2 is 2.22 bits per heavy atom. The van der Waals surface area contributed by atoms with Gasteiger partial charge in [-0.2, -0.15) is 0 Å². The maximum absolute atomic E-state index is 11.8. The number of nitro benzene ring substituents is 1. The van der Waals surface area contributed by atoms with Crippen molar-refractivity contribution in [2.75, 3.05) is 6.61 Å². The fourth-order valence-corrected chi connectivity index (χ4v) is 1.49. The van der Waals surface area contributed by atoms with Crippen LogP contribution in [0, 0.1) is 17.0 Å². The summed E-state index contributed by atoms with van der Waals surface area (Å²) in [5, 5.41) is 22.4. The highest BCUT2D eigenvalue weighted by Crippen LogP contribution is 2.19. The van der Waals surface area contributed by atoms with E-state index in [1.54, 1.807) is 6.92 Å². The van der Waals surface area contributed by atoms with Gasteiger partial charge in [-0.05, 0) is 19.4 Å². The number of aliphatic hydroxyl groups is 1. The Morgan fingerprint density at radius 1 is 1.56 bits per heavy atom. The van der Waals surface area contributed by atoms with Crippen molar-refractivity contribution in [3.8, 4) is 0 Å². The highest BCUT2D eigenvalue weighted by Gasteiger charge is 2.16. The zero-order valence-electron chi connectivity index (χ0n) is 10.3. The number of nitrogens with zero attached hydrogens (tertiary/aromatic N) is 1. The van der Waals surface area contributed by atoms with E-state index < -0.39 is 10.8 Å². The lowest BCUT2D eigenvalue weighted by atomic mass is 10.1. The van der Waals surface area contributed by atoms with Crippen LogP contribution in [0.4, 0.5) is 5.69 Å². The molecule has 0 saturated heterocycles. The topological polar surface area (TPSA) is 92.5 Å². The third-order valence-electron chi connectivity index (χ3n) is 2.72. The van der Waals surface area contributed by atoms with Crippen molar-refractivity contribution >= 4 is 11.6 Å². The van der Waals surface area contributed by atoms with E-state index in [-0.39, 0.29) is 23.9 Å². The van der Waals surface area contributed by atoms with Gasteiger partial charge in [-0.1, -0.05) is 13.0 Å². The zero-order chi connectivity index (χ0) is 13.7. The Hall–Kier alpha value is -1.95. The van der Waals surface area contributed by atoms with E-state index in [9.17, 15) is 14.9 Å². The van der Waals surface area contributed by atoms with Gasteiger partial charge >= 0.3 is 0 Å². The van der Waals surface area contributed by atoms with Crippen LogP contribution in [0.25, 0.3) is 0 Å². The first-order chi connectivity index (χ1) is 8.49. The number of hydrogen-bond donors (Lipinski definition) is 2. The van der Waals surface area contributed by atoms with Crippen LogP contribution in [0.2, 0.25) is 0 Å². The summed E-state index contributed by atoms with van der Waals surface area (Å²) in [5.41, 5.74) is 0.643. The Bertz CT molecular complexity index is 455. The Morgan fingerprint density at radius 3 is 2.72 bits per heavy atom. The summed E-state index contributed by atoms with van der Waals surface area (Å²) in [5.74, 6) is -0.418. The van der Waals surface area contributed by atoms with E-state index in [1.807, 2.05) is 6.92 Å². The molecule has 1 amide bonds. The number of benzene rings is 1. The van der Waals surface area contributed by atoms with Gasteiger partial charge in [-0.3, -0.25) is 14.9 Å². The van der Waals surface area contributed by atoms with Crippen molar-refractivity contribution in [2.24, 2.45) is 0 Å². The first kappa shape index (κ1) is 14.1. The largest absolute Gasteiger partial charge is 0.394 e. The van der Waals surface area contributed by atoms with Crippen LogP contribution in [0.15, 0.2) is 18.2 Å². The number of carbonyl (C=O) groups is 1. The maximum Gasteiger partial charge on any atom is 0.273 e. The van der Waals surface area contributed by atoms with E-state index in [2.05, 4.69) is 5.32 Å². The lowest BCUT2D eigenvalue weighted by molar-refractivity contribution is -0.385. The average Bonchev–Trinajstić information content (AvgIpc) is 2.35. The number of nitro groups is 1. The minimum atomic E-state index is -0.518. The molecule has 1 rings (SSSR count). The van der Waals surface area contributed by atoms with Gasteiger partial charge in [0.2, 0.25) is 0 Å². The van der Waals surface area contributed by atoms with E-state index >= 15 is 0 Å². The van der Waals surface area contributed by atoms with Gasteiger partial charge in [-0.15, -0.1) is 0 Å². The van der Waals surface area contributed by atoms with Gasteiger partial charge in [0.15, 0.2) is 0 Å². The number of rotatable bonds is 5. The number of amides is 1. The highest BCUT2D eigenvalue weighted by atomic mass is 16.6. The summed E-state index contributed by atoms with van der Waals surface area (Å²) >= 11 is 0. The summed E-state index contributed by atoms with van der Waals surface area (Å²) in [6.07, 6.45) is 0.593. The van der Waals surface area contributed by atoms with Gasteiger partial charge in [0.25, 0.3) is 11.6 Å². The molecule has 6 nitrogen and oxygen atoms in total. The van der Waals surface area contributed by atoms with Crippen LogP contribution in [-0.4, -0.2) is 28.6 Å². The van der Waals surface area contributed by atoms with E-state index in [4.69, 9.17) is 5.11 Å². The predicted octanol–water partition coefficient (Wildman–Crippen LogP) is 1.40. The number of hydrogen-bond acceptors (Lipinski definition) is 4. The Balaban J connectivity index is 2.93. The SMILES string of the molecule is CC[C@@H](CO)NC(=O)c1ccc(C)c([N+](=O)[O-])c1. The molecule has 0 aliphatic heterocycles. The van der Waals surface area contributed by atoms with Crippen LogP contribution in [0.1, 0.15) is 29.3 Å². The molecule has 1 atom stereocenters.